The smallest absolute Gasteiger partial charge is 0.238 e. The van der Waals surface area contributed by atoms with Gasteiger partial charge < -0.3 is 10.2 Å². The first kappa shape index (κ1) is 20.6. The monoisotopic (exact) mass is 419 g/mol. The first-order valence-corrected chi connectivity index (χ1v) is 9.97. The summed E-state index contributed by atoms with van der Waals surface area (Å²) in [6.07, 6.45) is 0.409. The van der Waals surface area contributed by atoms with E-state index in [1.54, 1.807) is 18.2 Å². The van der Waals surface area contributed by atoms with Crippen LogP contribution >= 0.6 is 23.2 Å². The molecule has 1 aliphatic heterocycles. The van der Waals surface area contributed by atoms with Crippen LogP contribution in [0.5, 0.6) is 0 Å². The minimum absolute atomic E-state index is 0.121. The van der Waals surface area contributed by atoms with E-state index < -0.39 is 0 Å². The van der Waals surface area contributed by atoms with E-state index in [-0.39, 0.29) is 18.4 Å². The Labute approximate surface area is 175 Å². The molecule has 0 saturated carbocycles. The summed E-state index contributed by atoms with van der Waals surface area (Å²) in [5.41, 5.74) is 2.64. The normalized spacial score (nSPS) is 14.8. The SMILES string of the molecule is Cc1ccc(CC(=O)N2CCN(CC(=O)Nc3c(Cl)cccc3Cl)CC2)cc1. The highest BCUT2D eigenvalue weighted by Gasteiger charge is 2.23. The number of rotatable bonds is 5. The van der Waals surface area contributed by atoms with Crippen LogP contribution in [0.3, 0.4) is 0 Å². The van der Waals surface area contributed by atoms with E-state index in [9.17, 15) is 9.59 Å². The van der Waals surface area contributed by atoms with Crippen LogP contribution in [0.4, 0.5) is 5.69 Å². The van der Waals surface area contributed by atoms with Crippen LogP contribution in [0.2, 0.25) is 10.0 Å². The molecule has 5 nitrogen and oxygen atoms in total. The van der Waals surface area contributed by atoms with Gasteiger partial charge in [-0.25, -0.2) is 0 Å². The van der Waals surface area contributed by atoms with Gasteiger partial charge in [-0.05, 0) is 24.6 Å². The third-order valence-electron chi connectivity index (χ3n) is 4.80. The second-order valence-electron chi connectivity index (χ2n) is 6.96. The van der Waals surface area contributed by atoms with E-state index in [1.807, 2.05) is 41.0 Å². The molecule has 1 heterocycles. The minimum atomic E-state index is -0.172. The number of hydrogen-bond donors (Lipinski definition) is 1. The molecule has 0 aliphatic carbocycles. The number of nitrogens with one attached hydrogen (secondary N) is 1. The quantitative estimate of drug-likeness (QED) is 0.804. The molecule has 0 spiro atoms. The Kier molecular flexibility index (Phi) is 6.94. The van der Waals surface area contributed by atoms with Gasteiger partial charge in [0.15, 0.2) is 0 Å². The van der Waals surface area contributed by atoms with Crippen molar-refractivity contribution in [1.82, 2.24) is 9.80 Å². The van der Waals surface area contributed by atoms with Crippen molar-refractivity contribution in [1.29, 1.82) is 0 Å². The molecule has 7 heteroatoms. The maximum absolute atomic E-state index is 12.5. The van der Waals surface area contributed by atoms with Crippen LogP contribution < -0.4 is 5.32 Å². The molecule has 2 aromatic rings. The molecule has 1 saturated heterocycles. The second kappa shape index (κ2) is 9.41. The summed E-state index contributed by atoms with van der Waals surface area (Å²) in [4.78, 5) is 28.7. The van der Waals surface area contributed by atoms with Crippen molar-refractivity contribution in [2.24, 2.45) is 0 Å². The van der Waals surface area contributed by atoms with E-state index in [0.29, 0.717) is 48.3 Å². The molecular weight excluding hydrogens is 397 g/mol. The number of carbonyl (C=O) groups excluding carboxylic acids is 2. The third kappa shape index (κ3) is 5.47. The Morgan fingerprint density at radius 3 is 2.18 bits per heavy atom. The first-order valence-electron chi connectivity index (χ1n) is 9.22. The molecule has 0 radical (unpaired) electrons. The third-order valence-corrected chi connectivity index (χ3v) is 5.43. The van der Waals surface area contributed by atoms with E-state index >= 15 is 0 Å². The number of para-hydroxylation sites is 1. The lowest BCUT2D eigenvalue weighted by atomic mass is 10.1. The van der Waals surface area contributed by atoms with Crippen LogP contribution in [-0.2, 0) is 16.0 Å². The van der Waals surface area contributed by atoms with Gasteiger partial charge in [0.05, 0.1) is 28.7 Å². The fourth-order valence-electron chi connectivity index (χ4n) is 3.15. The van der Waals surface area contributed by atoms with Crippen molar-refractivity contribution in [3.05, 3.63) is 63.6 Å². The number of nitrogens with zero attached hydrogens (tertiary/aromatic N) is 2. The fraction of sp³-hybridized carbons (Fsp3) is 0.333. The lowest BCUT2D eigenvalue weighted by Gasteiger charge is -2.34. The number of benzene rings is 2. The number of halogens is 2. The summed E-state index contributed by atoms with van der Waals surface area (Å²) in [5.74, 6) is -0.0507. The van der Waals surface area contributed by atoms with Gasteiger partial charge >= 0.3 is 0 Å². The zero-order chi connectivity index (χ0) is 20.1. The van der Waals surface area contributed by atoms with E-state index in [1.165, 1.54) is 5.56 Å². The molecule has 1 fully saturated rings. The van der Waals surface area contributed by atoms with Crippen molar-refractivity contribution >= 4 is 40.7 Å². The molecule has 28 heavy (non-hydrogen) atoms. The fourth-order valence-corrected chi connectivity index (χ4v) is 3.64. The molecule has 1 N–H and O–H groups in total. The number of anilines is 1. The van der Waals surface area contributed by atoms with Crippen molar-refractivity contribution in [2.75, 3.05) is 38.0 Å². The highest BCUT2D eigenvalue weighted by molar-refractivity contribution is 6.39. The molecular formula is C21H23Cl2N3O2. The van der Waals surface area contributed by atoms with Gasteiger partial charge in [0.2, 0.25) is 11.8 Å². The largest absolute Gasteiger partial charge is 0.340 e. The number of aryl methyl sites for hydroxylation is 1. The van der Waals surface area contributed by atoms with Crippen LogP contribution in [0.1, 0.15) is 11.1 Å². The molecule has 148 valence electrons. The second-order valence-corrected chi connectivity index (χ2v) is 7.78. The average Bonchev–Trinajstić information content (AvgIpc) is 2.67. The highest BCUT2D eigenvalue weighted by atomic mass is 35.5. The number of hydrogen-bond acceptors (Lipinski definition) is 3. The van der Waals surface area contributed by atoms with E-state index in [0.717, 1.165) is 5.56 Å². The topological polar surface area (TPSA) is 52.7 Å². The first-order chi connectivity index (χ1) is 13.4. The number of piperazine rings is 1. The number of amides is 2. The summed E-state index contributed by atoms with van der Waals surface area (Å²) < 4.78 is 0. The Morgan fingerprint density at radius 1 is 0.964 bits per heavy atom. The lowest BCUT2D eigenvalue weighted by Crippen LogP contribution is -2.50. The molecule has 1 aliphatic rings. The van der Waals surface area contributed by atoms with Crippen molar-refractivity contribution < 1.29 is 9.59 Å². The van der Waals surface area contributed by atoms with Gasteiger partial charge in [-0.2, -0.15) is 0 Å². The highest BCUT2D eigenvalue weighted by Crippen LogP contribution is 2.29. The maximum atomic E-state index is 12.5. The Bertz CT molecular complexity index is 827. The van der Waals surface area contributed by atoms with Crippen LogP contribution in [0, 0.1) is 6.92 Å². The molecule has 0 bridgehead atoms. The predicted molar refractivity (Wildman–Crippen MR) is 113 cm³/mol. The minimum Gasteiger partial charge on any atom is -0.340 e. The van der Waals surface area contributed by atoms with Gasteiger partial charge in [0.1, 0.15) is 0 Å². The van der Waals surface area contributed by atoms with Crippen LogP contribution in [-0.4, -0.2) is 54.3 Å². The van der Waals surface area contributed by atoms with Gasteiger partial charge in [0.25, 0.3) is 0 Å². The Morgan fingerprint density at radius 2 is 1.57 bits per heavy atom. The summed E-state index contributed by atoms with van der Waals surface area (Å²) in [5, 5.41) is 3.59. The molecule has 0 atom stereocenters. The molecule has 2 amide bonds. The van der Waals surface area contributed by atoms with Gasteiger partial charge in [0, 0.05) is 26.2 Å². The van der Waals surface area contributed by atoms with E-state index in [4.69, 9.17) is 23.2 Å². The van der Waals surface area contributed by atoms with Gasteiger partial charge in [-0.3, -0.25) is 14.5 Å². The van der Waals surface area contributed by atoms with Crippen molar-refractivity contribution in [3.63, 3.8) is 0 Å². The molecule has 3 rings (SSSR count). The average molecular weight is 420 g/mol. The van der Waals surface area contributed by atoms with Crippen LogP contribution in [0.25, 0.3) is 0 Å². The summed E-state index contributed by atoms with van der Waals surface area (Å²) in [6, 6.07) is 13.1. The van der Waals surface area contributed by atoms with Crippen molar-refractivity contribution in [3.8, 4) is 0 Å². The maximum Gasteiger partial charge on any atom is 0.238 e. The molecule has 0 unspecified atom stereocenters. The van der Waals surface area contributed by atoms with Crippen molar-refractivity contribution in [2.45, 2.75) is 13.3 Å². The molecule has 0 aromatic heterocycles. The predicted octanol–water partition coefficient (Wildman–Crippen LogP) is 3.63. The molecule has 2 aromatic carbocycles. The van der Waals surface area contributed by atoms with E-state index in [2.05, 4.69) is 5.32 Å². The van der Waals surface area contributed by atoms with Gasteiger partial charge in [-0.15, -0.1) is 0 Å². The van der Waals surface area contributed by atoms with Crippen LogP contribution in [0.15, 0.2) is 42.5 Å². The summed E-state index contributed by atoms with van der Waals surface area (Å²) in [7, 11) is 0. The number of carbonyl (C=O) groups is 2. The Hall–Kier alpha value is -2.08. The summed E-state index contributed by atoms with van der Waals surface area (Å²) >= 11 is 12.2. The lowest BCUT2D eigenvalue weighted by molar-refractivity contribution is -0.132. The zero-order valence-electron chi connectivity index (χ0n) is 15.8. The standard InChI is InChI=1S/C21H23Cl2N3O2/c1-15-5-7-16(8-6-15)13-20(28)26-11-9-25(10-12-26)14-19(27)24-21-17(22)3-2-4-18(21)23/h2-8H,9-14H2,1H3,(H,24,27). The summed E-state index contributed by atoms with van der Waals surface area (Å²) in [6.45, 7) is 4.81. The zero-order valence-corrected chi connectivity index (χ0v) is 17.3. The Balaban J connectivity index is 1.46. The van der Waals surface area contributed by atoms with Gasteiger partial charge in [-0.1, -0.05) is 59.1 Å².